The standard InChI is InChI=1S/C29H28ClFN2O2S/c1-2-18-8-11-21(12-9-18)33-17-26(19-6-4-3-5-7-19)32-36-28-15-22(24(30)16-27(28)33)20-10-13-25(31)23(14-20)29(34)35/h2,8-16,19,26,32H,1,3-7,17H2,(H,34,35)/t26-/m0/s1. The van der Waals surface area contributed by atoms with Crippen molar-refractivity contribution in [1.29, 1.82) is 0 Å². The highest BCUT2D eigenvalue weighted by molar-refractivity contribution is 7.97. The van der Waals surface area contributed by atoms with Gasteiger partial charge in [-0.05, 0) is 78.2 Å². The van der Waals surface area contributed by atoms with Crippen LogP contribution in [0.3, 0.4) is 0 Å². The molecule has 2 N–H and O–H groups in total. The molecule has 1 atom stereocenters. The first-order chi connectivity index (χ1) is 17.4. The minimum atomic E-state index is -1.30. The third-order valence-corrected chi connectivity index (χ3v) is 8.49. The normalized spacial score (nSPS) is 18.4. The summed E-state index contributed by atoms with van der Waals surface area (Å²) in [6.45, 7) is 4.68. The number of anilines is 2. The molecule has 1 fully saturated rings. The highest BCUT2D eigenvalue weighted by Gasteiger charge is 2.31. The molecule has 0 amide bonds. The fourth-order valence-corrected chi connectivity index (χ4v) is 6.46. The third-order valence-electron chi connectivity index (χ3n) is 7.21. The Morgan fingerprint density at radius 1 is 1.11 bits per heavy atom. The van der Waals surface area contributed by atoms with Gasteiger partial charge in [-0.1, -0.05) is 61.7 Å². The predicted molar refractivity (Wildman–Crippen MR) is 147 cm³/mol. The zero-order chi connectivity index (χ0) is 25.2. The molecule has 0 saturated heterocycles. The second kappa shape index (κ2) is 10.7. The van der Waals surface area contributed by atoms with Crippen LogP contribution in [0.2, 0.25) is 5.02 Å². The SMILES string of the molecule is C=Cc1ccc(N2C[C@@H](C3CCCCC3)NSc3cc(-c4ccc(F)c(C(=O)O)c4)c(Cl)cc32)cc1. The number of hydrogen-bond acceptors (Lipinski definition) is 4. The molecule has 5 rings (SSSR count). The van der Waals surface area contributed by atoms with Gasteiger partial charge < -0.3 is 10.0 Å². The number of hydrogen-bond donors (Lipinski definition) is 2. The molecule has 4 nitrogen and oxygen atoms in total. The molecule has 7 heteroatoms. The highest BCUT2D eigenvalue weighted by Crippen LogP contribution is 2.44. The predicted octanol–water partition coefficient (Wildman–Crippen LogP) is 8.18. The Labute approximate surface area is 220 Å². The number of nitrogens with one attached hydrogen (secondary N) is 1. The summed E-state index contributed by atoms with van der Waals surface area (Å²) >= 11 is 8.39. The Hall–Kier alpha value is -2.80. The van der Waals surface area contributed by atoms with Gasteiger partial charge in [0.05, 0.1) is 16.3 Å². The van der Waals surface area contributed by atoms with E-state index >= 15 is 0 Å². The molecule has 0 unspecified atom stereocenters. The maximum Gasteiger partial charge on any atom is 0.338 e. The van der Waals surface area contributed by atoms with E-state index in [1.807, 2.05) is 18.2 Å². The topological polar surface area (TPSA) is 52.6 Å². The van der Waals surface area contributed by atoms with E-state index < -0.39 is 11.8 Å². The van der Waals surface area contributed by atoms with Crippen molar-refractivity contribution in [1.82, 2.24) is 4.72 Å². The Morgan fingerprint density at radius 3 is 2.56 bits per heavy atom. The maximum atomic E-state index is 14.0. The van der Waals surface area contributed by atoms with Crippen LogP contribution in [0.5, 0.6) is 0 Å². The lowest BCUT2D eigenvalue weighted by molar-refractivity contribution is 0.0692. The van der Waals surface area contributed by atoms with Crippen LogP contribution in [0, 0.1) is 11.7 Å². The van der Waals surface area contributed by atoms with Crippen LogP contribution in [0.4, 0.5) is 15.8 Å². The van der Waals surface area contributed by atoms with Crippen LogP contribution in [0.1, 0.15) is 48.0 Å². The first-order valence-electron chi connectivity index (χ1n) is 12.2. The summed E-state index contributed by atoms with van der Waals surface area (Å²) < 4.78 is 17.8. The minimum Gasteiger partial charge on any atom is -0.478 e. The van der Waals surface area contributed by atoms with Gasteiger partial charge in [-0.2, -0.15) is 0 Å². The van der Waals surface area contributed by atoms with E-state index in [0.717, 1.165) is 28.4 Å². The Kier molecular flexibility index (Phi) is 7.37. The molecule has 0 spiro atoms. The molecule has 2 aliphatic rings. The number of benzene rings is 3. The average Bonchev–Trinajstić information content (AvgIpc) is 3.08. The van der Waals surface area contributed by atoms with E-state index in [0.29, 0.717) is 28.1 Å². The number of carbonyl (C=O) groups is 1. The Balaban J connectivity index is 1.58. The average molecular weight is 523 g/mol. The largest absolute Gasteiger partial charge is 0.478 e. The fourth-order valence-electron chi connectivity index (χ4n) is 5.20. The van der Waals surface area contributed by atoms with Crippen molar-refractivity contribution in [2.45, 2.75) is 43.0 Å². The zero-order valence-corrected chi connectivity index (χ0v) is 21.4. The van der Waals surface area contributed by atoms with E-state index in [9.17, 15) is 14.3 Å². The smallest absolute Gasteiger partial charge is 0.338 e. The number of fused-ring (bicyclic) bond motifs is 1. The number of rotatable bonds is 5. The summed E-state index contributed by atoms with van der Waals surface area (Å²) in [4.78, 5) is 14.8. The zero-order valence-electron chi connectivity index (χ0n) is 19.8. The van der Waals surface area contributed by atoms with Gasteiger partial charge in [-0.3, -0.25) is 4.72 Å². The lowest BCUT2D eigenvalue weighted by atomic mass is 9.84. The van der Waals surface area contributed by atoms with Crippen molar-refractivity contribution < 1.29 is 14.3 Å². The van der Waals surface area contributed by atoms with Crippen molar-refractivity contribution in [3.05, 3.63) is 83.1 Å². The van der Waals surface area contributed by atoms with E-state index in [2.05, 4.69) is 40.5 Å². The van der Waals surface area contributed by atoms with Crippen molar-refractivity contribution >= 4 is 47.0 Å². The van der Waals surface area contributed by atoms with Crippen molar-refractivity contribution in [2.75, 3.05) is 11.4 Å². The summed E-state index contributed by atoms with van der Waals surface area (Å²) in [5.74, 6) is -1.47. The van der Waals surface area contributed by atoms with E-state index in [4.69, 9.17) is 11.6 Å². The molecule has 1 heterocycles. The molecule has 3 aromatic carbocycles. The molecule has 0 bridgehead atoms. The van der Waals surface area contributed by atoms with Gasteiger partial charge in [-0.15, -0.1) is 0 Å². The Morgan fingerprint density at radius 2 is 1.86 bits per heavy atom. The van der Waals surface area contributed by atoms with Crippen LogP contribution in [0.25, 0.3) is 17.2 Å². The van der Waals surface area contributed by atoms with Crippen LogP contribution >= 0.6 is 23.5 Å². The van der Waals surface area contributed by atoms with Gasteiger partial charge in [0.15, 0.2) is 0 Å². The van der Waals surface area contributed by atoms with E-state index in [1.54, 1.807) is 18.0 Å². The Bertz CT molecular complexity index is 1290. The molecule has 186 valence electrons. The summed E-state index contributed by atoms with van der Waals surface area (Å²) in [6.07, 6.45) is 8.11. The van der Waals surface area contributed by atoms with Gasteiger partial charge in [0.2, 0.25) is 0 Å². The lowest BCUT2D eigenvalue weighted by Gasteiger charge is -2.33. The molecule has 1 aliphatic carbocycles. The summed E-state index contributed by atoms with van der Waals surface area (Å²) in [7, 11) is 0. The molecule has 36 heavy (non-hydrogen) atoms. The number of aromatic carboxylic acids is 1. The van der Waals surface area contributed by atoms with Crippen molar-refractivity contribution in [3.8, 4) is 11.1 Å². The second-order valence-corrected chi connectivity index (χ2v) is 10.7. The van der Waals surface area contributed by atoms with Crippen LogP contribution in [0.15, 0.2) is 66.1 Å². The van der Waals surface area contributed by atoms with Gasteiger partial charge in [-0.25, -0.2) is 9.18 Å². The van der Waals surface area contributed by atoms with E-state index in [-0.39, 0.29) is 5.56 Å². The maximum absolute atomic E-state index is 14.0. The van der Waals surface area contributed by atoms with Gasteiger partial charge >= 0.3 is 5.97 Å². The number of carboxylic acid groups (broad SMARTS) is 1. The van der Waals surface area contributed by atoms with Crippen LogP contribution in [-0.2, 0) is 0 Å². The molecular weight excluding hydrogens is 495 g/mol. The molecule has 1 aliphatic heterocycles. The summed E-state index contributed by atoms with van der Waals surface area (Å²) in [6, 6.07) is 16.6. The van der Waals surface area contributed by atoms with Crippen molar-refractivity contribution in [3.63, 3.8) is 0 Å². The molecule has 3 aromatic rings. The third kappa shape index (κ3) is 5.03. The minimum absolute atomic E-state index is 0.299. The lowest BCUT2D eigenvalue weighted by Crippen LogP contribution is -2.41. The fraction of sp³-hybridized carbons (Fsp3) is 0.276. The molecule has 0 aromatic heterocycles. The molecule has 0 radical (unpaired) electrons. The van der Waals surface area contributed by atoms with Gasteiger partial charge in [0.25, 0.3) is 0 Å². The summed E-state index contributed by atoms with van der Waals surface area (Å²) in [5.41, 5.74) is 3.99. The second-order valence-electron chi connectivity index (χ2n) is 9.43. The quantitative estimate of drug-likeness (QED) is 0.331. The number of halogens is 2. The first kappa shape index (κ1) is 24.9. The van der Waals surface area contributed by atoms with E-state index in [1.165, 1.54) is 44.2 Å². The van der Waals surface area contributed by atoms with Gasteiger partial charge in [0.1, 0.15) is 5.82 Å². The van der Waals surface area contributed by atoms with Gasteiger partial charge in [0, 0.05) is 28.7 Å². The molecular formula is C29H28ClFN2O2S. The highest BCUT2D eigenvalue weighted by atomic mass is 35.5. The van der Waals surface area contributed by atoms with Crippen LogP contribution < -0.4 is 9.62 Å². The van der Waals surface area contributed by atoms with Crippen LogP contribution in [-0.4, -0.2) is 23.7 Å². The molecule has 1 saturated carbocycles. The first-order valence-corrected chi connectivity index (χ1v) is 13.4. The van der Waals surface area contributed by atoms with Crippen molar-refractivity contribution in [2.24, 2.45) is 5.92 Å². The number of carboxylic acids is 1. The summed E-state index contributed by atoms with van der Waals surface area (Å²) in [5, 5.41) is 9.87. The number of nitrogens with zero attached hydrogens (tertiary/aromatic N) is 1. The monoisotopic (exact) mass is 522 g/mol.